The lowest BCUT2D eigenvalue weighted by Gasteiger charge is -2.14. The molecular weight excluding hydrogens is 514 g/mol. The van der Waals surface area contributed by atoms with Crippen LogP contribution in [0.4, 0.5) is 5.69 Å². The minimum Gasteiger partial charge on any atom is -0.490 e. The van der Waals surface area contributed by atoms with Crippen LogP contribution < -0.4 is 20.2 Å². The van der Waals surface area contributed by atoms with Crippen molar-refractivity contribution in [1.82, 2.24) is 5.43 Å². The zero-order chi connectivity index (χ0) is 24.6. The third-order valence-electron chi connectivity index (χ3n) is 4.80. The van der Waals surface area contributed by atoms with Gasteiger partial charge < -0.3 is 19.2 Å². The number of para-hydroxylation sites is 2. The van der Waals surface area contributed by atoms with Crippen molar-refractivity contribution in [2.24, 2.45) is 5.10 Å². The SMILES string of the molecule is CCOc1cc(/C=N/NC(=O)c2cc3ccccc3o2)c(Br)cc1OCC(=O)Nc1ccccc1. The van der Waals surface area contributed by atoms with Crippen molar-refractivity contribution in [1.29, 1.82) is 0 Å². The number of nitrogens with one attached hydrogen (secondary N) is 2. The van der Waals surface area contributed by atoms with E-state index in [1.54, 1.807) is 36.4 Å². The van der Waals surface area contributed by atoms with Gasteiger partial charge in [-0.25, -0.2) is 5.43 Å². The van der Waals surface area contributed by atoms with Gasteiger partial charge >= 0.3 is 5.91 Å². The maximum atomic E-state index is 12.4. The average Bonchev–Trinajstić information content (AvgIpc) is 3.30. The highest BCUT2D eigenvalue weighted by Crippen LogP contribution is 2.33. The Kier molecular flexibility index (Phi) is 7.79. The number of anilines is 1. The van der Waals surface area contributed by atoms with Crippen molar-refractivity contribution in [2.75, 3.05) is 18.5 Å². The van der Waals surface area contributed by atoms with Crippen LogP contribution >= 0.6 is 15.9 Å². The molecule has 0 atom stereocenters. The number of amides is 2. The van der Waals surface area contributed by atoms with Gasteiger partial charge in [-0.15, -0.1) is 0 Å². The van der Waals surface area contributed by atoms with Crippen molar-refractivity contribution in [3.05, 3.63) is 88.6 Å². The first-order valence-corrected chi connectivity index (χ1v) is 11.6. The van der Waals surface area contributed by atoms with E-state index in [4.69, 9.17) is 13.9 Å². The molecule has 4 rings (SSSR count). The molecule has 9 heteroatoms. The quantitative estimate of drug-likeness (QED) is 0.221. The van der Waals surface area contributed by atoms with Crippen molar-refractivity contribution in [3.8, 4) is 11.5 Å². The number of fused-ring (bicyclic) bond motifs is 1. The average molecular weight is 536 g/mol. The second-order valence-electron chi connectivity index (χ2n) is 7.30. The Morgan fingerprint density at radius 1 is 1.00 bits per heavy atom. The number of furan rings is 1. The molecule has 1 heterocycles. The Hall–Kier alpha value is -4.11. The van der Waals surface area contributed by atoms with E-state index in [0.29, 0.717) is 39.4 Å². The molecule has 0 unspecified atom stereocenters. The molecule has 4 aromatic rings. The molecule has 0 radical (unpaired) electrons. The van der Waals surface area contributed by atoms with Crippen LogP contribution in [0.25, 0.3) is 11.0 Å². The van der Waals surface area contributed by atoms with Crippen LogP contribution in [0.3, 0.4) is 0 Å². The van der Waals surface area contributed by atoms with E-state index >= 15 is 0 Å². The van der Waals surface area contributed by atoms with E-state index in [0.717, 1.165) is 5.39 Å². The molecule has 178 valence electrons. The Morgan fingerprint density at radius 3 is 2.51 bits per heavy atom. The normalized spacial score (nSPS) is 10.9. The number of carbonyl (C=O) groups is 2. The van der Waals surface area contributed by atoms with Crippen molar-refractivity contribution in [3.63, 3.8) is 0 Å². The van der Waals surface area contributed by atoms with Gasteiger partial charge in [0.1, 0.15) is 5.58 Å². The number of benzene rings is 3. The Balaban J connectivity index is 1.41. The van der Waals surface area contributed by atoms with E-state index in [-0.39, 0.29) is 18.3 Å². The number of halogens is 1. The molecule has 0 bridgehead atoms. The fraction of sp³-hybridized carbons (Fsp3) is 0.115. The zero-order valence-electron chi connectivity index (χ0n) is 18.8. The predicted octanol–water partition coefficient (Wildman–Crippen LogP) is 5.38. The number of hydrogen-bond donors (Lipinski definition) is 2. The monoisotopic (exact) mass is 535 g/mol. The third-order valence-corrected chi connectivity index (χ3v) is 5.48. The lowest BCUT2D eigenvalue weighted by atomic mass is 10.2. The molecule has 0 saturated carbocycles. The third kappa shape index (κ3) is 6.27. The van der Waals surface area contributed by atoms with Gasteiger partial charge in [0.05, 0.1) is 12.8 Å². The van der Waals surface area contributed by atoms with Crippen LogP contribution in [0.5, 0.6) is 11.5 Å². The molecular formula is C26H22BrN3O5. The van der Waals surface area contributed by atoms with Gasteiger partial charge in [-0.1, -0.05) is 36.4 Å². The van der Waals surface area contributed by atoms with Gasteiger partial charge in [-0.2, -0.15) is 5.10 Å². The van der Waals surface area contributed by atoms with Crippen molar-refractivity contribution in [2.45, 2.75) is 6.92 Å². The molecule has 0 fully saturated rings. The highest BCUT2D eigenvalue weighted by molar-refractivity contribution is 9.10. The minimum absolute atomic E-state index is 0.162. The van der Waals surface area contributed by atoms with E-state index in [2.05, 4.69) is 31.8 Å². The van der Waals surface area contributed by atoms with Crippen molar-refractivity contribution < 1.29 is 23.5 Å². The summed E-state index contributed by atoms with van der Waals surface area (Å²) in [7, 11) is 0. The molecule has 2 N–H and O–H groups in total. The molecule has 0 saturated heterocycles. The van der Waals surface area contributed by atoms with Crippen LogP contribution in [-0.2, 0) is 4.79 Å². The van der Waals surface area contributed by atoms with Gasteiger partial charge in [0.15, 0.2) is 23.9 Å². The number of ether oxygens (including phenoxy) is 2. The molecule has 0 aliphatic heterocycles. The van der Waals surface area contributed by atoms with Gasteiger partial charge in [-0.05, 0) is 59.3 Å². The fourth-order valence-corrected chi connectivity index (χ4v) is 3.63. The van der Waals surface area contributed by atoms with E-state index < -0.39 is 5.91 Å². The second kappa shape index (κ2) is 11.3. The van der Waals surface area contributed by atoms with Gasteiger partial charge in [0.25, 0.3) is 5.91 Å². The van der Waals surface area contributed by atoms with Crippen LogP contribution in [-0.4, -0.2) is 31.2 Å². The molecule has 1 aromatic heterocycles. The van der Waals surface area contributed by atoms with Gasteiger partial charge in [0.2, 0.25) is 0 Å². The smallest absolute Gasteiger partial charge is 0.307 e. The number of carbonyl (C=O) groups excluding carboxylic acids is 2. The summed E-state index contributed by atoms with van der Waals surface area (Å²) in [6, 6.07) is 21.5. The second-order valence-corrected chi connectivity index (χ2v) is 8.16. The lowest BCUT2D eigenvalue weighted by Crippen LogP contribution is -2.20. The molecule has 8 nitrogen and oxygen atoms in total. The summed E-state index contributed by atoms with van der Waals surface area (Å²) >= 11 is 3.47. The molecule has 0 spiro atoms. The Labute approximate surface area is 210 Å². The number of rotatable bonds is 9. The zero-order valence-corrected chi connectivity index (χ0v) is 20.4. The topological polar surface area (TPSA) is 102 Å². The summed E-state index contributed by atoms with van der Waals surface area (Å²) in [5, 5.41) is 7.62. The summed E-state index contributed by atoms with van der Waals surface area (Å²) < 4.78 is 17.5. The van der Waals surface area contributed by atoms with Crippen LogP contribution in [0.2, 0.25) is 0 Å². The number of hydrogen-bond acceptors (Lipinski definition) is 6. The van der Waals surface area contributed by atoms with Crippen LogP contribution in [0, 0.1) is 0 Å². The first-order valence-electron chi connectivity index (χ1n) is 10.8. The summed E-state index contributed by atoms with van der Waals surface area (Å²) in [6.07, 6.45) is 1.47. The molecule has 2 amide bonds. The maximum absolute atomic E-state index is 12.4. The van der Waals surface area contributed by atoms with Crippen LogP contribution in [0.15, 0.2) is 86.8 Å². The largest absolute Gasteiger partial charge is 0.490 e. The van der Waals surface area contributed by atoms with E-state index in [1.807, 2.05) is 43.3 Å². The molecule has 3 aromatic carbocycles. The highest BCUT2D eigenvalue weighted by Gasteiger charge is 2.14. The van der Waals surface area contributed by atoms with Crippen molar-refractivity contribution >= 4 is 50.6 Å². The van der Waals surface area contributed by atoms with Gasteiger partial charge in [-0.3, -0.25) is 9.59 Å². The summed E-state index contributed by atoms with van der Waals surface area (Å²) in [5.41, 5.74) is 4.40. The minimum atomic E-state index is -0.469. The number of nitrogens with zero attached hydrogens (tertiary/aromatic N) is 1. The number of hydrazone groups is 1. The summed E-state index contributed by atoms with van der Waals surface area (Å²) in [5.74, 6) is 0.227. The Morgan fingerprint density at radius 2 is 1.74 bits per heavy atom. The lowest BCUT2D eigenvalue weighted by molar-refractivity contribution is -0.118. The first-order chi connectivity index (χ1) is 17.0. The van der Waals surface area contributed by atoms with Crippen LogP contribution in [0.1, 0.15) is 23.0 Å². The summed E-state index contributed by atoms with van der Waals surface area (Å²) in [4.78, 5) is 24.6. The summed E-state index contributed by atoms with van der Waals surface area (Å²) in [6.45, 7) is 2.05. The standard InChI is InChI=1S/C26H22BrN3O5/c1-2-33-22-13-18(15-28-30-26(32)24-12-17-8-6-7-11-21(17)35-24)20(27)14-23(22)34-16-25(31)29-19-9-4-3-5-10-19/h3-15H,2,16H2,1H3,(H,29,31)(H,30,32)/b28-15+. The molecule has 0 aliphatic carbocycles. The predicted molar refractivity (Wildman–Crippen MR) is 137 cm³/mol. The first kappa shape index (κ1) is 24.0. The Bertz CT molecular complexity index is 1340. The van der Waals surface area contributed by atoms with E-state index in [9.17, 15) is 9.59 Å². The fourth-order valence-electron chi connectivity index (χ4n) is 3.20. The van der Waals surface area contributed by atoms with Gasteiger partial charge in [0, 0.05) is 21.1 Å². The van der Waals surface area contributed by atoms with E-state index in [1.165, 1.54) is 6.21 Å². The highest BCUT2D eigenvalue weighted by atomic mass is 79.9. The molecule has 0 aliphatic rings. The molecule has 35 heavy (non-hydrogen) atoms. The maximum Gasteiger partial charge on any atom is 0.307 e.